The van der Waals surface area contributed by atoms with E-state index in [4.69, 9.17) is 5.73 Å². The lowest BCUT2D eigenvalue weighted by Crippen LogP contribution is -2.41. The molecule has 3 N–H and O–H groups in total. The van der Waals surface area contributed by atoms with E-state index in [0.717, 1.165) is 26.1 Å². The minimum absolute atomic E-state index is 0. The Morgan fingerprint density at radius 2 is 2.05 bits per heavy atom. The molecule has 0 saturated carbocycles. The first kappa shape index (κ1) is 17.1. The molecular weight excluding hydrogens is 387 g/mol. The average molecular weight is 412 g/mol. The van der Waals surface area contributed by atoms with Crippen molar-refractivity contribution in [3.05, 3.63) is 35.5 Å². The monoisotopic (exact) mass is 412 g/mol. The summed E-state index contributed by atoms with van der Waals surface area (Å²) in [5, 5.41) is 1.30. The first-order valence-electron chi connectivity index (χ1n) is 7.85. The average Bonchev–Trinajstić information content (AvgIpc) is 2.90. The van der Waals surface area contributed by atoms with E-state index in [1.807, 2.05) is 0 Å². The Bertz CT molecular complexity index is 641. The van der Waals surface area contributed by atoms with E-state index in [1.54, 1.807) is 0 Å². The number of aryl methyl sites for hydroxylation is 1. The molecule has 2 aromatic rings. The Balaban J connectivity index is 0.00000176. The number of hydrogen-bond donors (Lipinski definition) is 2. The summed E-state index contributed by atoms with van der Waals surface area (Å²) in [5.74, 6) is 0.713. The maximum atomic E-state index is 6.09. The van der Waals surface area contributed by atoms with E-state index in [0.29, 0.717) is 5.96 Å². The number of piperidine rings is 1. The second-order valence-electron chi connectivity index (χ2n) is 5.90. The van der Waals surface area contributed by atoms with Crippen LogP contribution in [0.3, 0.4) is 0 Å². The summed E-state index contributed by atoms with van der Waals surface area (Å²) in [4.78, 5) is 10.1. The highest BCUT2D eigenvalue weighted by Gasteiger charge is 2.11. The van der Waals surface area contributed by atoms with Gasteiger partial charge in [-0.3, -0.25) is 4.99 Å². The van der Waals surface area contributed by atoms with Crippen LogP contribution in [0.2, 0.25) is 0 Å². The van der Waals surface area contributed by atoms with Gasteiger partial charge in [-0.2, -0.15) is 0 Å². The molecule has 0 bridgehead atoms. The summed E-state index contributed by atoms with van der Waals surface area (Å²) in [5.41, 5.74) is 9.90. The number of nitrogens with one attached hydrogen (secondary N) is 1. The molecule has 0 aliphatic carbocycles. The fourth-order valence-electron chi connectivity index (χ4n) is 3.02. The van der Waals surface area contributed by atoms with E-state index in [1.165, 1.54) is 41.3 Å². The van der Waals surface area contributed by atoms with Gasteiger partial charge in [0.1, 0.15) is 0 Å². The van der Waals surface area contributed by atoms with Crippen molar-refractivity contribution < 1.29 is 0 Å². The zero-order valence-corrected chi connectivity index (χ0v) is 15.5. The fraction of sp³-hybridized carbons (Fsp3) is 0.471. The van der Waals surface area contributed by atoms with Gasteiger partial charge in [0.2, 0.25) is 0 Å². The number of guanidine groups is 1. The van der Waals surface area contributed by atoms with Gasteiger partial charge >= 0.3 is 0 Å². The van der Waals surface area contributed by atoms with E-state index in [2.05, 4.69) is 46.2 Å². The summed E-state index contributed by atoms with van der Waals surface area (Å²) < 4.78 is 0. The number of H-pyrrole nitrogens is 1. The van der Waals surface area contributed by atoms with Crippen LogP contribution in [0.5, 0.6) is 0 Å². The number of aliphatic imine (C=N–C) groups is 1. The lowest BCUT2D eigenvalue weighted by molar-refractivity contribution is 0.338. The predicted molar refractivity (Wildman–Crippen MR) is 104 cm³/mol. The number of halogens is 1. The molecule has 1 aliphatic heterocycles. The lowest BCUT2D eigenvalue weighted by Gasteiger charge is -2.27. The third-order valence-electron chi connectivity index (χ3n) is 4.26. The molecule has 0 spiro atoms. The fourth-order valence-corrected chi connectivity index (χ4v) is 3.02. The number of fused-ring (bicyclic) bond motifs is 1. The number of hydrogen-bond acceptors (Lipinski definition) is 1. The molecule has 4 nitrogen and oxygen atoms in total. The van der Waals surface area contributed by atoms with Crippen molar-refractivity contribution in [2.24, 2.45) is 10.7 Å². The van der Waals surface area contributed by atoms with Crippen molar-refractivity contribution in [2.45, 2.75) is 32.6 Å². The van der Waals surface area contributed by atoms with Crippen molar-refractivity contribution in [3.8, 4) is 0 Å². The Hall–Kier alpha value is -1.24. The highest BCUT2D eigenvalue weighted by molar-refractivity contribution is 14.0. The molecule has 0 amide bonds. The molecule has 1 aromatic carbocycles. The molecule has 2 heterocycles. The van der Waals surface area contributed by atoms with E-state index >= 15 is 0 Å². The Labute approximate surface area is 149 Å². The summed E-state index contributed by atoms with van der Waals surface area (Å²) in [7, 11) is 0. The van der Waals surface area contributed by atoms with Crippen molar-refractivity contribution in [2.75, 3.05) is 19.6 Å². The summed E-state index contributed by atoms with van der Waals surface area (Å²) in [6.45, 7) is 4.98. The van der Waals surface area contributed by atoms with Gasteiger partial charge in [0, 0.05) is 36.7 Å². The number of aromatic amines is 1. The topological polar surface area (TPSA) is 57.4 Å². The lowest BCUT2D eigenvalue weighted by atomic mass is 10.1. The van der Waals surface area contributed by atoms with Gasteiger partial charge in [0.15, 0.2) is 5.96 Å². The van der Waals surface area contributed by atoms with Gasteiger partial charge in [0.05, 0.1) is 0 Å². The molecule has 22 heavy (non-hydrogen) atoms. The van der Waals surface area contributed by atoms with Crippen molar-refractivity contribution in [1.29, 1.82) is 0 Å². The number of nitrogens with two attached hydrogens (primary N) is 1. The van der Waals surface area contributed by atoms with Crippen LogP contribution >= 0.6 is 24.0 Å². The molecule has 1 saturated heterocycles. The van der Waals surface area contributed by atoms with E-state index in [9.17, 15) is 0 Å². The van der Waals surface area contributed by atoms with Crippen LogP contribution in [0.4, 0.5) is 0 Å². The van der Waals surface area contributed by atoms with Crippen LogP contribution in [0.1, 0.15) is 30.4 Å². The zero-order chi connectivity index (χ0) is 14.7. The maximum absolute atomic E-state index is 6.09. The molecule has 120 valence electrons. The highest BCUT2D eigenvalue weighted by Crippen LogP contribution is 2.20. The third-order valence-corrected chi connectivity index (χ3v) is 4.26. The number of aromatic nitrogens is 1. The molecule has 1 fully saturated rings. The summed E-state index contributed by atoms with van der Waals surface area (Å²) in [6.07, 6.45) is 6.81. The van der Waals surface area contributed by atoms with Crippen LogP contribution in [0.25, 0.3) is 10.9 Å². The second-order valence-corrected chi connectivity index (χ2v) is 5.90. The Kier molecular flexibility index (Phi) is 6.11. The van der Waals surface area contributed by atoms with E-state index < -0.39 is 0 Å². The highest BCUT2D eigenvalue weighted by atomic mass is 127. The van der Waals surface area contributed by atoms with Crippen molar-refractivity contribution in [3.63, 3.8) is 0 Å². The normalized spacial score (nSPS) is 15.9. The summed E-state index contributed by atoms with van der Waals surface area (Å²) in [6, 6.07) is 6.53. The maximum Gasteiger partial charge on any atom is 0.191 e. The first-order valence-corrected chi connectivity index (χ1v) is 7.85. The van der Waals surface area contributed by atoms with Gasteiger partial charge in [0.25, 0.3) is 0 Å². The molecular formula is C17H25IN4. The van der Waals surface area contributed by atoms with Crippen LogP contribution in [-0.4, -0.2) is 35.5 Å². The molecule has 5 heteroatoms. The minimum Gasteiger partial charge on any atom is -0.370 e. The standard InChI is InChI=1S/C17H24N4.HI/c1-13-5-6-15-14(12-20-16(15)11-13)7-8-19-17(18)21-9-3-2-4-10-21;/h5-6,11-12,20H,2-4,7-10H2,1H3,(H2,18,19);1H. The van der Waals surface area contributed by atoms with E-state index in [-0.39, 0.29) is 24.0 Å². The zero-order valence-electron chi connectivity index (χ0n) is 13.1. The van der Waals surface area contributed by atoms with Crippen LogP contribution in [0.15, 0.2) is 29.4 Å². The molecule has 3 rings (SSSR count). The quantitative estimate of drug-likeness (QED) is 0.461. The number of nitrogens with zero attached hydrogens (tertiary/aromatic N) is 2. The Morgan fingerprint density at radius 3 is 2.82 bits per heavy atom. The Morgan fingerprint density at radius 1 is 1.27 bits per heavy atom. The molecule has 1 aromatic heterocycles. The summed E-state index contributed by atoms with van der Waals surface area (Å²) >= 11 is 0. The molecule has 0 unspecified atom stereocenters. The smallest absolute Gasteiger partial charge is 0.191 e. The van der Waals surface area contributed by atoms with Crippen molar-refractivity contribution >= 4 is 40.8 Å². The minimum atomic E-state index is 0. The van der Waals surface area contributed by atoms with Gasteiger partial charge in [-0.05, 0) is 49.8 Å². The number of benzene rings is 1. The van der Waals surface area contributed by atoms with Gasteiger partial charge < -0.3 is 15.6 Å². The number of rotatable bonds is 3. The SMILES string of the molecule is Cc1ccc2c(CCN=C(N)N3CCCCC3)c[nH]c2c1.I. The predicted octanol–water partition coefficient (Wildman–Crippen LogP) is 3.44. The van der Waals surface area contributed by atoms with Gasteiger partial charge in [-0.1, -0.05) is 12.1 Å². The van der Waals surface area contributed by atoms with Gasteiger partial charge in [-0.15, -0.1) is 24.0 Å². The molecule has 0 atom stereocenters. The van der Waals surface area contributed by atoms with Crippen LogP contribution in [-0.2, 0) is 6.42 Å². The van der Waals surface area contributed by atoms with Crippen molar-refractivity contribution in [1.82, 2.24) is 9.88 Å². The first-order chi connectivity index (χ1) is 10.2. The number of likely N-dealkylation sites (tertiary alicyclic amines) is 1. The molecule has 1 aliphatic rings. The largest absolute Gasteiger partial charge is 0.370 e. The van der Waals surface area contributed by atoms with Gasteiger partial charge in [-0.25, -0.2) is 0 Å². The second kappa shape index (κ2) is 7.85. The van der Waals surface area contributed by atoms with Crippen LogP contribution < -0.4 is 5.73 Å². The third kappa shape index (κ3) is 3.94. The molecule has 0 radical (unpaired) electrons. The van der Waals surface area contributed by atoms with Crippen LogP contribution in [0, 0.1) is 6.92 Å².